The largest absolute Gasteiger partial charge is 0.463 e. The van der Waals surface area contributed by atoms with Crippen LogP contribution in [0, 0.1) is 0 Å². The van der Waals surface area contributed by atoms with Gasteiger partial charge in [0.05, 0.1) is 18.5 Å². The zero-order valence-electron chi connectivity index (χ0n) is 17.9. The number of hydrogen-bond acceptors (Lipinski definition) is 5. The van der Waals surface area contributed by atoms with Gasteiger partial charge < -0.3 is 9.73 Å². The normalized spacial score (nSPS) is 13.5. The lowest BCUT2D eigenvalue weighted by Crippen LogP contribution is -2.28. The average Bonchev–Trinajstić information content (AvgIpc) is 3.57. The van der Waals surface area contributed by atoms with Gasteiger partial charge in [-0.25, -0.2) is 4.68 Å². The Morgan fingerprint density at radius 2 is 1.76 bits per heavy atom. The molecule has 170 valence electrons. The first-order valence-corrected chi connectivity index (χ1v) is 11.0. The van der Waals surface area contributed by atoms with E-state index in [9.17, 15) is 14.4 Å². The topological polar surface area (TPSA) is 97.4 Å². The second-order valence-corrected chi connectivity index (χ2v) is 8.24. The minimum absolute atomic E-state index is 0.162. The minimum atomic E-state index is -0.397. The van der Waals surface area contributed by atoms with Crippen molar-refractivity contribution in [2.75, 3.05) is 5.32 Å². The zero-order chi connectivity index (χ0) is 23.7. The molecule has 34 heavy (non-hydrogen) atoms. The van der Waals surface area contributed by atoms with Crippen molar-refractivity contribution < 1.29 is 18.8 Å². The highest BCUT2D eigenvalue weighted by Gasteiger charge is 2.28. The van der Waals surface area contributed by atoms with Crippen LogP contribution in [0.3, 0.4) is 0 Å². The van der Waals surface area contributed by atoms with E-state index >= 15 is 0 Å². The van der Waals surface area contributed by atoms with E-state index in [1.165, 1.54) is 4.90 Å². The molecule has 0 aliphatic carbocycles. The summed E-state index contributed by atoms with van der Waals surface area (Å²) < 4.78 is 7.13. The molecule has 0 saturated carbocycles. The van der Waals surface area contributed by atoms with E-state index in [4.69, 9.17) is 16.0 Å². The van der Waals surface area contributed by atoms with Crippen LogP contribution in [-0.4, -0.2) is 32.4 Å². The fourth-order valence-corrected chi connectivity index (χ4v) is 3.95. The number of nitrogens with zero attached hydrogens (tertiary/aromatic N) is 3. The van der Waals surface area contributed by atoms with Crippen LogP contribution >= 0.6 is 11.6 Å². The van der Waals surface area contributed by atoms with Gasteiger partial charge in [-0.15, -0.1) is 0 Å². The molecule has 2 aromatic heterocycles. The Kier molecular flexibility index (Phi) is 5.73. The molecule has 4 aromatic rings. The summed E-state index contributed by atoms with van der Waals surface area (Å²) in [4.78, 5) is 37.9. The van der Waals surface area contributed by atoms with Crippen LogP contribution in [0.25, 0.3) is 17.1 Å². The summed E-state index contributed by atoms with van der Waals surface area (Å²) in [6.45, 7) is 0.225. The summed E-state index contributed by atoms with van der Waals surface area (Å²) in [7, 11) is 0. The third kappa shape index (κ3) is 4.35. The maximum atomic E-state index is 13.0. The van der Waals surface area contributed by atoms with Gasteiger partial charge in [-0.3, -0.25) is 19.3 Å². The Bertz CT molecular complexity index is 1360. The Balaban J connectivity index is 1.36. The van der Waals surface area contributed by atoms with Gasteiger partial charge in [-0.1, -0.05) is 29.8 Å². The first-order valence-electron chi connectivity index (χ1n) is 10.6. The van der Waals surface area contributed by atoms with Crippen LogP contribution in [0.15, 0.2) is 77.4 Å². The summed E-state index contributed by atoms with van der Waals surface area (Å²) in [5.74, 6) is -0.164. The molecular formula is C25H19ClN4O4. The monoisotopic (exact) mass is 474 g/mol. The molecule has 9 heteroatoms. The number of hydrogen-bond donors (Lipinski definition) is 1. The molecule has 0 unspecified atom stereocenters. The number of likely N-dealkylation sites (tertiary alicyclic amines) is 1. The van der Waals surface area contributed by atoms with Crippen molar-refractivity contribution in [1.29, 1.82) is 0 Å². The van der Waals surface area contributed by atoms with Crippen molar-refractivity contribution in [2.45, 2.75) is 19.4 Å². The van der Waals surface area contributed by atoms with Gasteiger partial charge in [0.1, 0.15) is 5.69 Å². The summed E-state index contributed by atoms with van der Waals surface area (Å²) in [5.41, 5.74) is 2.85. The number of carbonyl (C=O) groups excluding carboxylic acids is 3. The Morgan fingerprint density at radius 3 is 2.44 bits per heavy atom. The highest BCUT2D eigenvalue weighted by molar-refractivity contribution is 6.30. The number of halogens is 1. The third-order valence-corrected chi connectivity index (χ3v) is 5.71. The van der Waals surface area contributed by atoms with Gasteiger partial charge in [-0.05, 0) is 48.0 Å². The van der Waals surface area contributed by atoms with E-state index in [1.54, 1.807) is 71.6 Å². The van der Waals surface area contributed by atoms with E-state index in [1.807, 2.05) is 6.07 Å². The van der Waals surface area contributed by atoms with Gasteiger partial charge in [0.15, 0.2) is 11.5 Å². The highest BCUT2D eigenvalue weighted by Crippen LogP contribution is 2.26. The van der Waals surface area contributed by atoms with Crippen LogP contribution in [0.2, 0.25) is 5.02 Å². The third-order valence-electron chi connectivity index (χ3n) is 5.48. The maximum absolute atomic E-state index is 13.0. The molecule has 5 rings (SSSR count). The van der Waals surface area contributed by atoms with E-state index in [-0.39, 0.29) is 36.9 Å². The maximum Gasteiger partial charge on any atom is 0.276 e. The number of anilines is 1. The molecule has 0 radical (unpaired) electrons. The molecule has 1 aliphatic heterocycles. The Labute approximate surface area is 199 Å². The fraction of sp³-hybridized carbons (Fsp3) is 0.120. The molecule has 0 bridgehead atoms. The number of amides is 3. The molecule has 8 nitrogen and oxygen atoms in total. The van der Waals surface area contributed by atoms with E-state index in [2.05, 4.69) is 10.4 Å². The van der Waals surface area contributed by atoms with Crippen molar-refractivity contribution >= 4 is 35.0 Å². The number of carbonyl (C=O) groups is 3. The summed E-state index contributed by atoms with van der Waals surface area (Å²) in [6.07, 6.45) is 2.07. The molecule has 3 amide bonds. The molecule has 0 spiro atoms. The Hall–Kier alpha value is -4.17. The summed E-state index contributed by atoms with van der Waals surface area (Å²) in [5, 5.41) is 7.85. The minimum Gasteiger partial charge on any atom is -0.463 e. The zero-order valence-corrected chi connectivity index (χ0v) is 18.7. The molecule has 2 aromatic carbocycles. The summed E-state index contributed by atoms with van der Waals surface area (Å²) >= 11 is 6.15. The second-order valence-electron chi connectivity index (χ2n) is 7.81. The van der Waals surface area contributed by atoms with Crippen LogP contribution in [0.5, 0.6) is 0 Å². The fourth-order valence-electron chi connectivity index (χ4n) is 3.77. The van der Waals surface area contributed by atoms with Crippen molar-refractivity contribution in [1.82, 2.24) is 14.7 Å². The van der Waals surface area contributed by atoms with E-state index in [0.717, 1.165) is 5.56 Å². The standard InChI is InChI=1S/C25H19ClN4O4/c26-17-3-1-4-19(13-17)30-21(22-5-2-12-34-22)14-20(28-30)25(33)27-18-8-6-16(7-9-18)15-29-23(31)10-11-24(29)32/h1-9,12-14H,10-11,15H2,(H,27,33). The second kappa shape index (κ2) is 8.99. The van der Waals surface area contributed by atoms with Crippen molar-refractivity contribution in [2.24, 2.45) is 0 Å². The summed E-state index contributed by atoms with van der Waals surface area (Å²) in [6, 6.07) is 19.3. The lowest BCUT2D eigenvalue weighted by atomic mass is 10.2. The van der Waals surface area contributed by atoms with Crippen molar-refractivity contribution in [3.8, 4) is 17.1 Å². The molecule has 1 N–H and O–H groups in total. The number of rotatable bonds is 6. The predicted molar refractivity (Wildman–Crippen MR) is 125 cm³/mol. The molecule has 1 saturated heterocycles. The van der Waals surface area contributed by atoms with Crippen molar-refractivity contribution in [3.05, 3.63) is 89.3 Å². The van der Waals surface area contributed by atoms with Gasteiger partial charge in [0, 0.05) is 29.6 Å². The lowest BCUT2D eigenvalue weighted by molar-refractivity contribution is -0.139. The van der Waals surface area contributed by atoms with Crippen LogP contribution in [-0.2, 0) is 16.1 Å². The first-order chi connectivity index (χ1) is 16.5. The van der Waals surface area contributed by atoms with Gasteiger partial charge in [0.25, 0.3) is 5.91 Å². The number of imide groups is 1. The quantitative estimate of drug-likeness (QED) is 0.409. The first kappa shape index (κ1) is 21.7. The van der Waals surface area contributed by atoms with Crippen LogP contribution < -0.4 is 5.32 Å². The van der Waals surface area contributed by atoms with E-state index < -0.39 is 5.91 Å². The number of nitrogens with one attached hydrogen (secondary N) is 1. The number of furan rings is 1. The highest BCUT2D eigenvalue weighted by atomic mass is 35.5. The smallest absolute Gasteiger partial charge is 0.276 e. The van der Waals surface area contributed by atoms with Gasteiger partial charge >= 0.3 is 0 Å². The van der Waals surface area contributed by atoms with Crippen LogP contribution in [0.1, 0.15) is 28.9 Å². The molecular weight excluding hydrogens is 456 g/mol. The Morgan fingerprint density at radius 1 is 1.00 bits per heavy atom. The van der Waals surface area contributed by atoms with Gasteiger partial charge in [0.2, 0.25) is 11.8 Å². The molecule has 1 fully saturated rings. The van der Waals surface area contributed by atoms with Crippen LogP contribution in [0.4, 0.5) is 5.69 Å². The van der Waals surface area contributed by atoms with Crippen molar-refractivity contribution in [3.63, 3.8) is 0 Å². The average molecular weight is 475 g/mol. The molecule has 1 aliphatic rings. The predicted octanol–water partition coefficient (Wildman–Crippen LogP) is 4.69. The SMILES string of the molecule is O=C(Nc1ccc(CN2C(=O)CCC2=O)cc1)c1cc(-c2ccco2)n(-c2cccc(Cl)c2)n1. The number of aromatic nitrogens is 2. The molecule has 0 atom stereocenters. The lowest BCUT2D eigenvalue weighted by Gasteiger charge is -2.14. The number of benzene rings is 2. The molecule has 3 heterocycles. The van der Waals surface area contributed by atoms with Gasteiger partial charge in [-0.2, -0.15) is 5.10 Å². The van der Waals surface area contributed by atoms with E-state index in [0.29, 0.717) is 27.9 Å².